The molecule has 1 aromatic rings. The standard InChI is InChI=1S/C15H24O2/c1-13(8-9-16)10-14(2)11-17-12-15-6-4-3-5-7-15/h3-7,13-14,16H,8-12H2,1-2H3/t13-,14+/m1/s1. The van der Waals surface area contributed by atoms with Gasteiger partial charge in [0.15, 0.2) is 0 Å². The van der Waals surface area contributed by atoms with Gasteiger partial charge in [-0.2, -0.15) is 0 Å². The summed E-state index contributed by atoms with van der Waals surface area (Å²) in [5.41, 5.74) is 1.23. The van der Waals surface area contributed by atoms with Crippen molar-refractivity contribution in [3.63, 3.8) is 0 Å². The zero-order valence-electron chi connectivity index (χ0n) is 10.9. The molecule has 0 spiro atoms. The van der Waals surface area contributed by atoms with E-state index in [1.54, 1.807) is 0 Å². The van der Waals surface area contributed by atoms with Crippen molar-refractivity contribution < 1.29 is 9.84 Å². The molecule has 96 valence electrons. The molecule has 0 radical (unpaired) electrons. The Morgan fingerprint density at radius 3 is 2.47 bits per heavy atom. The Balaban J connectivity index is 2.14. The number of hydrogen-bond acceptors (Lipinski definition) is 2. The summed E-state index contributed by atoms with van der Waals surface area (Å²) < 4.78 is 5.70. The second kappa shape index (κ2) is 8.26. The summed E-state index contributed by atoms with van der Waals surface area (Å²) in [6, 6.07) is 10.2. The van der Waals surface area contributed by atoms with Crippen LogP contribution in [0.15, 0.2) is 30.3 Å². The predicted molar refractivity (Wildman–Crippen MR) is 70.7 cm³/mol. The van der Waals surface area contributed by atoms with Crippen molar-refractivity contribution >= 4 is 0 Å². The van der Waals surface area contributed by atoms with Crippen LogP contribution in [0.3, 0.4) is 0 Å². The maximum Gasteiger partial charge on any atom is 0.0717 e. The van der Waals surface area contributed by atoms with Gasteiger partial charge in [-0.1, -0.05) is 44.2 Å². The first kappa shape index (κ1) is 14.2. The molecule has 0 bridgehead atoms. The minimum absolute atomic E-state index is 0.290. The second-order valence-electron chi connectivity index (χ2n) is 4.96. The van der Waals surface area contributed by atoms with Gasteiger partial charge in [-0.25, -0.2) is 0 Å². The summed E-state index contributed by atoms with van der Waals surface area (Å²) in [6.07, 6.45) is 2.01. The second-order valence-corrected chi connectivity index (χ2v) is 4.96. The molecule has 2 nitrogen and oxygen atoms in total. The summed E-state index contributed by atoms with van der Waals surface area (Å²) in [6.45, 7) is 6.17. The fourth-order valence-electron chi connectivity index (χ4n) is 2.05. The molecule has 0 saturated carbocycles. The Labute approximate surface area is 105 Å². The first-order chi connectivity index (χ1) is 8.22. The highest BCUT2D eigenvalue weighted by atomic mass is 16.5. The van der Waals surface area contributed by atoms with Crippen LogP contribution in [0, 0.1) is 11.8 Å². The van der Waals surface area contributed by atoms with Crippen LogP contribution in [-0.4, -0.2) is 18.3 Å². The first-order valence-corrected chi connectivity index (χ1v) is 6.45. The molecule has 1 N–H and O–H groups in total. The van der Waals surface area contributed by atoms with E-state index < -0.39 is 0 Å². The Hall–Kier alpha value is -0.860. The number of hydrogen-bond donors (Lipinski definition) is 1. The van der Waals surface area contributed by atoms with Gasteiger partial charge < -0.3 is 9.84 Å². The zero-order valence-corrected chi connectivity index (χ0v) is 10.9. The highest BCUT2D eigenvalue weighted by molar-refractivity contribution is 5.13. The first-order valence-electron chi connectivity index (χ1n) is 6.45. The summed E-state index contributed by atoms with van der Waals surface area (Å²) in [4.78, 5) is 0. The Bertz CT molecular complexity index is 284. The van der Waals surface area contributed by atoms with Crippen molar-refractivity contribution in [3.8, 4) is 0 Å². The maximum absolute atomic E-state index is 8.84. The van der Waals surface area contributed by atoms with Crippen molar-refractivity contribution in [2.75, 3.05) is 13.2 Å². The third-order valence-corrected chi connectivity index (χ3v) is 2.94. The lowest BCUT2D eigenvalue weighted by Gasteiger charge is -2.16. The summed E-state index contributed by atoms with van der Waals surface area (Å²) >= 11 is 0. The molecule has 1 aromatic carbocycles. The molecule has 0 aliphatic carbocycles. The van der Waals surface area contributed by atoms with Crippen LogP contribution >= 0.6 is 0 Å². The van der Waals surface area contributed by atoms with Crippen LogP contribution in [-0.2, 0) is 11.3 Å². The van der Waals surface area contributed by atoms with Crippen LogP contribution in [0.4, 0.5) is 0 Å². The Morgan fingerprint density at radius 2 is 1.82 bits per heavy atom. The lowest BCUT2D eigenvalue weighted by molar-refractivity contribution is 0.0831. The normalized spacial score (nSPS) is 14.5. The van der Waals surface area contributed by atoms with Gasteiger partial charge in [-0.05, 0) is 30.2 Å². The molecule has 0 unspecified atom stereocenters. The molecule has 0 aliphatic heterocycles. The van der Waals surface area contributed by atoms with E-state index in [1.165, 1.54) is 5.56 Å². The molecule has 0 heterocycles. The van der Waals surface area contributed by atoms with Gasteiger partial charge in [0.2, 0.25) is 0 Å². The Kier molecular flexibility index (Phi) is 6.90. The molecular formula is C15H24O2. The fraction of sp³-hybridized carbons (Fsp3) is 0.600. The molecule has 1 rings (SSSR count). The van der Waals surface area contributed by atoms with E-state index in [1.807, 2.05) is 18.2 Å². The van der Waals surface area contributed by atoms with Gasteiger partial charge in [0.05, 0.1) is 6.61 Å². The SMILES string of the molecule is C[C@H](CCO)C[C@H](C)COCc1ccccc1. The smallest absolute Gasteiger partial charge is 0.0717 e. The van der Waals surface area contributed by atoms with E-state index in [-0.39, 0.29) is 0 Å². The lowest BCUT2D eigenvalue weighted by Crippen LogP contribution is -2.11. The van der Waals surface area contributed by atoms with Crippen LogP contribution in [0.25, 0.3) is 0 Å². The highest BCUT2D eigenvalue weighted by Gasteiger charge is 2.08. The van der Waals surface area contributed by atoms with Crippen LogP contribution in [0.5, 0.6) is 0 Å². The molecule has 0 aliphatic rings. The summed E-state index contributed by atoms with van der Waals surface area (Å²) in [7, 11) is 0. The molecule has 2 atom stereocenters. The van der Waals surface area contributed by atoms with Gasteiger partial charge in [0.1, 0.15) is 0 Å². The maximum atomic E-state index is 8.84. The van der Waals surface area contributed by atoms with E-state index in [0.29, 0.717) is 25.0 Å². The van der Waals surface area contributed by atoms with E-state index in [0.717, 1.165) is 19.4 Å². The van der Waals surface area contributed by atoms with Crippen LogP contribution < -0.4 is 0 Å². The molecule has 0 saturated heterocycles. The van der Waals surface area contributed by atoms with E-state index >= 15 is 0 Å². The van der Waals surface area contributed by atoms with Gasteiger partial charge in [-0.3, -0.25) is 0 Å². The minimum Gasteiger partial charge on any atom is -0.396 e. The van der Waals surface area contributed by atoms with E-state index in [2.05, 4.69) is 26.0 Å². The molecule has 0 fully saturated rings. The van der Waals surface area contributed by atoms with Crippen LogP contribution in [0.1, 0.15) is 32.3 Å². The fourth-order valence-corrected chi connectivity index (χ4v) is 2.05. The largest absolute Gasteiger partial charge is 0.396 e. The number of ether oxygens (including phenoxy) is 1. The molecule has 17 heavy (non-hydrogen) atoms. The van der Waals surface area contributed by atoms with Crippen LogP contribution in [0.2, 0.25) is 0 Å². The van der Waals surface area contributed by atoms with Gasteiger partial charge in [0.25, 0.3) is 0 Å². The summed E-state index contributed by atoms with van der Waals surface area (Å²) in [5.74, 6) is 1.13. The van der Waals surface area contributed by atoms with E-state index in [4.69, 9.17) is 9.84 Å². The summed E-state index contributed by atoms with van der Waals surface area (Å²) in [5, 5.41) is 8.84. The quantitative estimate of drug-likeness (QED) is 0.750. The van der Waals surface area contributed by atoms with E-state index in [9.17, 15) is 0 Å². The highest BCUT2D eigenvalue weighted by Crippen LogP contribution is 2.15. The van der Waals surface area contributed by atoms with Gasteiger partial charge in [-0.15, -0.1) is 0 Å². The topological polar surface area (TPSA) is 29.5 Å². The number of aliphatic hydroxyl groups is 1. The van der Waals surface area contributed by atoms with Gasteiger partial charge in [0, 0.05) is 13.2 Å². The molecule has 0 amide bonds. The van der Waals surface area contributed by atoms with Crippen molar-refractivity contribution in [1.82, 2.24) is 0 Å². The average molecular weight is 236 g/mol. The zero-order chi connectivity index (χ0) is 12.5. The Morgan fingerprint density at radius 1 is 1.12 bits per heavy atom. The number of aliphatic hydroxyl groups excluding tert-OH is 1. The predicted octanol–water partition coefficient (Wildman–Crippen LogP) is 3.25. The van der Waals surface area contributed by atoms with Crippen molar-refractivity contribution in [2.45, 2.75) is 33.3 Å². The van der Waals surface area contributed by atoms with Gasteiger partial charge >= 0.3 is 0 Å². The lowest BCUT2D eigenvalue weighted by atomic mass is 9.96. The van der Waals surface area contributed by atoms with Crippen molar-refractivity contribution in [1.29, 1.82) is 0 Å². The van der Waals surface area contributed by atoms with Crippen molar-refractivity contribution in [2.24, 2.45) is 11.8 Å². The van der Waals surface area contributed by atoms with Crippen molar-refractivity contribution in [3.05, 3.63) is 35.9 Å². The number of rotatable bonds is 8. The molecule has 2 heteroatoms. The molecular weight excluding hydrogens is 212 g/mol. The average Bonchev–Trinajstić information content (AvgIpc) is 2.30. The third kappa shape index (κ3) is 6.44. The molecule has 0 aromatic heterocycles. The third-order valence-electron chi connectivity index (χ3n) is 2.94. The monoisotopic (exact) mass is 236 g/mol. The minimum atomic E-state index is 0.290. The number of benzene rings is 1.